The fourth-order valence-electron chi connectivity index (χ4n) is 0.892. The molecule has 2 nitrogen and oxygen atoms in total. The van der Waals surface area contributed by atoms with Crippen LogP contribution in [-0.2, 0) is 0 Å². The highest BCUT2D eigenvalue weighted by atomic mass is 35.5. The van der Waals surface area contributed by atoms with E-state index in [2.05, 4.69) is 6.92 Å². The second-order valence-electron chi connectivity index (χ2n) is 2.97. The molecule has 0 amide bonds. The van der Waals surface area contributed by atoms with Crippen molar-refractivity contribution in [1.29, 1.82) is 0 Å². The van der Waals surface area contributed by atoms with Gasteiger partial charge in [-0.3, -0.25) is 0 Å². The number of aliphatic hydroxyl groups excluding tert-OH is 1. The Labute approximate surface area is 73.2 Å². The van der Waals surface area contributed by atoms with Gasteiger partial charge < -0.3 is 10.2 Å². The topological polar surface area (TPSA) is 40.5 Å². The van der Waals surface area contributed by atoms with Crippen molar-refractivity contribution < 1.29 is 10.2 Å². The van der Waals surface area contributed by atoms with Gasteiger partial charge in [-0.2, -0.15) is 0 Å². The summed E-state index contributed by atoms with van der Waals surface area (Å²) in [5.74, 6) is 0.118. The Morgan fingerprint density at radius 2 is 2.00 bits per heavy atom. The first-order valence-corrected chi connectivity index (χ1v) is 4.61. The predicted octanol–water partition coefficient (Wildman–Crippen LogP) is 1.53. The monoisotopic (exact) mass is 180 g/mol. The van der Waals surface area contributed by atoms with Crippen LogP contribution < -0.4 is 0 Å². The zero-order chi connectivity index (χ0) is 8.74. The van der Waals surface area contributed by atoms with Crippen molar-refractivity contribution >= 4 is 11.6 Å². The predicted molar refractivity (Wildman–Crippen MR) is 46.9 cm³/mol. The third kappa shape index (κ3) is 4.62. The lowest BCUT2D eigenvalue weighted by molar-refractivity contribution is -0.00379. The van der Waals surface area contributed by atoms with Crippen LogP contribution in [0, 0.1) is 0 Å². The zero-order valence-corrected chi connectivity index (χ0v) is 7.77. The van der Waals surface area contributed by atoms with Crippen molar-refractivity contribution in [3.05, 3.63) is 0 Å². The second-order valence-corrected chi connectivity index (χ2v) is 3.24. The number of alkyl halides is 1. The molecule has 0 heterocycles. The fourth-order valence-corrected chi connectivity index (χ4v) is 1.11. The van der Waals surface area contributed by atoms with Crippen molar-refractivity contribution in [3.8, 4) is 0 Å². The average molecular weight is 181 g/mol. The Morgan fingerprint density at radius 1 is 1.36 bits per heavy atom. The molecule has 11 heavy (non-hydrogen) atoms. The van der Waals surface area contributed by atoms with Crippen molar-refractivity contribution in [2.75, 3.05) is 12.5 Å². The molecule has 0 spiro atoms. The Morgan fingerprint density at radius 3 is 2.36 bits per heavy atom. The molecule has 0 fully saturated rings. The number of halogens is 1. The first-order valence-electron chi connectivity index (χ1n) is 4.07. The van der Waals surface area contributed by atoms with Crippen LogP contribution in [0.4, 0.5) is 0 Å². The van der Waals surface area contributed by atoms with Crippen LogP contribution in [0.1, 0.15) is 32.6 Å². The van der Waals surface area contributed by atoms with Gasteiger partial charge in [0.15, 0.2) is 0 Å². The van der Waals surface area contributed by atoms with Gasteiger partial charge in [-0.1, -0.05) is 26.2 Å². The first-order chi connectivity index (χ1) is 5.18. The summed E-state index contributed by atoms with van der Waals surface area (Å²) in [4.78, 5) is 0. The van der Waals surface area contributed by atoms with E-state index >= 15 is 0 Å². The van der Waals surface area contributed by atoms with E-state index < -0.39 is 5.60 Å². The van der Waals surface area contributed by atoms with Gasteiger partial charge in [0, 0.05) is 0 Å². The number of unbranched alkanes of at least 4 members (excludes halogenated alkanes) is 2. The van der Waals surface area contributed by atoms with E-state index in [9.17, 15) is 5.11 Å². The largest absolute Gasteiger partial charge is 0.393 e. The van der Waals surface area contributed by atoms with Crippen molar-refractivity contribution in [2.45, 2.75) is 38.2 Å². The van der Waals surface area contributed by atoms with E-state index in [1.54, 1.807) is 0 Å². The third-order valence-electron chi connectivity index (χ3n) is 1.79. The summed E-state index contributed by atoms with van der Waals surface area (Å²) in [6, 6.07) is 0. The minimum atomic E-state index is -1.04. The molecule has 0 aromatic heterocycles. The highest BCUT2D eigenvalue weighted by Crippen LogP contribution is 2.15. The molecule has 0 saturated carbocycles. The molecule has 1 atom stereocenters. The van der Waals surface area contributed by atoms with Crippen molar-refractivity contribution in [2.24, 2.45) is 0 Å². The lowest BCUT2D eigenvalue weighted by atomic mass is 9.99. The van der Waals surface area contributed by atoms with Crippen molar-refractivity contribution in [1.82, 2.24) is 0 Å². The molecule has 0 bridgehead atoms. The van der Waals surface area contributed by atoms with E-state index in [0.29, 0.717) is 6.42 Å². The maximum absolute atomic E-state index is 9.47. The summed E-state index contributed by atoms with van der Waals surface area (Å²) >= 11 is 5.48. The van der Waals surface area contributed by atoms with E-state index in [-0.39, 0.29) is 12.5 Å². The molecule has 0 rings (SSSR count). The summed E-state index contributed by atoms with van der Waals surface area (Å²) in [6.45, 7) is 1.86. The number of aliphatic hydroxyl groups is 2. The van der Waals surface area contributed by atoms with E-state index in [0.717, 1.165) is 19.3 Å². The van der Waals surface area contributed by atoms with Crippen LogP contribution in [0.2, 0.25) is 0 Å². The maximum Gasteiger partial charge on any atom is 0.101 e. The molecular weight excluding hydrogens is 164 g/mol. The molecule has 2 N–H and O–H groups in total. The van der Waals surface area contributed by atoms with E-state index in [4.69, 9.17) is 16.7 Å². The van der Waals surface area contributed by atoms with Gasteiger partial charge >= 0.3 is 0 Å². The molecule has 68 valence electrons. The van der Waals surface area contributed by atoms with Gasteiger partial charge in [0.25, 0.3) is 0 Å². The van der Waals surface area contributed by atoms with Gasteiger partial charge in [-0.05, 0) is 6.42 Å². The van der Waals surface area contributed by atoms with Gasteiger partial charge in [-0.15, -0.1) is 11.6 Å². The van der Waals surface area contributed by atoms with Crippen LogP contribution in [0.25, 0.3) is 0 Å². The summed E-state index contributed by atoms with van der Waals surface area (Å²) < 4.78 is 0. The third-order valence-corrected chi connectivity index (χ3v) is 2.29. The quantitative estimate of drug-likeness (QED) is 0.481. The lowest BCUT2D eigenvalue weighted by Gasteiger charge is -2.22. The zero-order valence-electron chi connectivity index (χ0n) is 7.02. The van der Waals surface area contributed by atoms with Crippen LogP contribution in [0.3, 0.4) is 0 Å². The average Bonchev–Trinajstić information content (AvgIpc) is 2.05. The van der Waals surface area contributed by atoms with Gasteiger partial charge in [0.05, 0.1) is 12.5 Å². The summed E-state index contributed by atoms with van der Waals surface area (Å²) in [7, 11) is 0. The van der Waals surface area contributed by atoms with Crippen LogP contribution in [-0.4, -0.2) is 28.3 Å². The molecule has 3 heteroatoms. The van der Waals surface area contributed by atoms with E-state index in [1.165, 1.54) is 0 Å². The number of hydrogen-bond donors (Lipinski definition) is 2. The molecule has 0 radical (unpaired) electrons. The summed E-state index contributed by atoms with van der Waals surface area (Å²) in [5.41, 5.74) is -1.04. The highest BCUT2D eigenvalue weighted by molar-refractivity contribution is 6.18. The molecular formula is C8H17ClO2. The summed E-state index contributed by atoms with van der Waals surface area (Å²) in [5, 5.41) is 18.2. The molecule has 0 aromatic rings. The minimum absolute atomic E-state index is 0.118. The minimum Gasteiger partial charge on any atom is -0.393 e. The molecule has 0 aliphatic carbocycles. The molecule has 0 aliphatic heterocycles. The Hall–Kier alpha value is 0.210. The smallest absolute Gasteiger partial charge is 0.101 e. The molecule has 0 aromatic carbocycles. The fraction of sp³-hybridized carbons (Fsp3) is 1.00. The van der Waals surface area contributed by atoms with Crippen molar-refractivity contribution in [3.63, 3.8) is 0 Å². The van der Waals surface area contributed by atoms with E-state index in [1.807, 2.05) is 0 Å². The number of hydrogen-bond acceptors (Lipinski definition) is 2. The highest BCUT2D eigenvalue weighted by Gasteiger charge is 2.23. The molecule has 0 saturated heterocycles. The molecule has 1 unspecified atom stereocenters. The Bertz CT molecular complexity index is 92.1. The molecule has 0 aliphatic rings. The van der Waals surface area contributed by atoms with Crippen LogP contribution in [0.5, 0.6) is 0 Å². The SMILES string of the molecule is CCCCCC(O)(CO)CCl. The Kier molecular flexibility index (Phi) is 5.92. The van der Waals surface area contributed by atoms with Crippen LogP contribution in [0.15, 0.2) is 0 Å². The second kappa shape index (κ2) is 5.81. The first kappa shape index (κ1) is 11.2. The standard InChI is InChI=1S/C8H17ClO2/c1-2-3-4-5-8(11,6-9)7-10/h10-11H,2-7H2,1H3. The van der Waals surface area contributed by atoms with Gasteiger partial charge in [-0.25, -0.2) is 0 Å². The number of rotatable bonds is 6. The summed E-state index contributed by atoms with van der Waals surface area (Å²) in [6.07, 6.45) is 3.73. The van der Waals surface area contributed by atoms with Gasteiger partial charge in [0.1, 0.15) is 5.60 Å². The van der Waals surface area contributed by atoms with Gasteiger partial charge in [0.2, 0.25) is 0 Å². The Balaban J connectivity index is 3.51. The lowest BCUT2D eigenvalue weighted by Crippen LogP contribution is -2.35. The maximum atomic E-state index is 9.47. The normalized spacial score (nSPS) is 16.4. The van der Waals surface area contributed by atoms with Crippen LogP contribution >= 0.6 is 11.6 Å².